The number of unbranched alkanes of at least 4 members (excludes halogenated alkanes) is 1. The highest BCUT2D eigenvalue weighted by atomic mass is 14.7. The minimum absolute atomic E-state index is 0.604. The van der Waals surface area contributed by atoms with E-state index in [0.717, 1.165) is 6.42 Å². The summed E-state index contributed by atoms with van der Waals surface area (Å²) in [5.41, 5.74) is 7.94. The molecule has 1 aromatic rings. The molecule has 0 unspecified atom stereocenters. The molecule has 0 spiro atoms. The molecule has 2 N–H and O–H groups in total. The fourth-order valence-corrected chi connectivity index (χ4v) is 1.23. The highest BCUT2D eigenvalue weighted by Crippen LogP contribution is 2.07. The molecule has 2 nitrogen and oxygen atoms in total. The Morgan fingerprint density at radius 3 is 3.00 bits per heavy atom. The lowest BCUT2D eigenvalue weighted by atomic mass is 10.1. The largest absolute Gasteiger partial charge is 0.326 e. The van der Waals surface area contributed by atoms with Gasteiger partial charge in [-0.15, -0.1) is 0 Å². The van der Waals surface area contributed by atoms with E-state index in [1.165, 1.54) is 24.1 Å². The Balaban J connectivity index is 2.68. The molecule has 0 bridgehead atoms. The first-order valence-corrected chi connectivity index (χ1v) is 4.51. The molecule has 0 aromatic carbocycles. The van der Waals surface area contributed by atoms with Crippen molar-refractivity contribution in [2.45, 2.75) is 32.7 Å². The molecule has 12 heavy (non-hydrogen) atoms. The number of pyridine rings is 1. The van der Waals surface area contributed by atoms with Crippen LogP contribution in [0, 0.1) is 0 Å². The van der Waals surface area contributed by atoms with Crippen LogP contribution in [0.5, 0.6) is 0 Å². The van der Waals surface area contributed by atoms with Crippen LogP contribution >= 0.6 is 0 Å². The van der Waals surface area contributed by atoms with E-state index in [2.05, 4.69) is 18.0 Å². The smallest absolute Gasteiger partial charge is 0.0448 e. The normalized spacial score (nSPS) is 10.2. The Kier molecular flexibility index (Phi) is 3.74. The highest BCUT2D eigenvalue weighted by Gasteiger charge is 1.99. The maximum absolute atomic E-state index is 5.58. The first-order chi connectivity index (χ1) is 5.88. The summed E-state index contributed by atoms with van der Waals surface area (Å²) in [4.78, 5) is 4.31. The van der Waals surface area contributed by atoms with Crippen LogP contribution in [0.1, 0.15) is 31.0 Å². The monoisotopic (exact) mass is 164 g/mol. The van der Waals surface area contributed by atoms with Crippen LogP contribution in [-0.4, -0.2) is 4.98 Å². The average molecular weight is 164 g/mol. The van der Waals surface area contributed by atoms with Crippen LogP contribution in [0.3, 0.4) is 0 Å². The SMILES string of the molecule is CCCCc1ncccc1CN. The fourth-order valence-electron chi connectivity index (χ4n) is 1.23. The van der Waals surface area contributed by atoms with Crippen LogP contribution in [0.15, 0.2) is 18.3 Å². The number of rotatable bonds is 4. The summed E-state index contributed by atoms with van der Waals surface area (Å²) in [5, 5.41) is 0. The van der Waals surface area contributed by atoms with E-state index in [1.54, 1.807) is 0 Å². The van der Waals surface area contributed by atoms with Gasteiger partial charge in [-0.25, -0.2) is 0 Å². The van der Waals surface area contributed by atoms with Crippen LogP contribution in [0.2, 0.25) is 0 Å². The zero-order valence-electron chi connectivity index (χ0n) is 7.59. The lowest BCUT2D eigenvalue weighted by Gasteiger charge is -2.04. The van der Waals surface area contributed by atoms with Crippen molar-refractivity contribution in [2.24, 2.45) is 5.73 Å². The van der Waals surface area contributed by atoms with Gasteiger partial charge in [0.1, 0.15) is 0 Å². The summed E-state index contributed by atoms with van der Waals surface area (Å²) in [5.74, 6) is 0. The Morgan fingerprint density at radius 2 is 2.33 bits per heavy atom. The number of hydrogen-bond donors (Lipinski definition) is 1. The van der Waals surface area contributed by atoms with Gasteiger partial charge in [0.2, 0.25) is 0 Å². The van der Waals surface area contributed by atoms with E-state index in [0.29, 0.717) is 6.54 Å². The number of aromatic nitrogens is 1. The molecule has 0 atom stereocenters. The Labute approximate surface area is 73.8 Å². The Bertz CT molecular complexity index is 233. The second-order valence-corrected chi connectivity index (χ2v) is 2.92. The van der Waals surface area contributed by atoms with Crippen molar-refractivity contribution in [3.63, 3.8) is 0 Å². The van der Waals surface area contributed by atoms with Crippen LogP contribution in [0.25, 0.3) is 0 Å². The molecule has 1 heterocycles. The number of nitrogens with zero attached hydrogens (tertiary/aromatic N) is 1. The summed E-state index contributed by atoms with van der Waals surface area (Å²) in [6.07, 6.45) is 5.30. The van der Waals surface area contributed by atoms with E-state index in [-0.39, 0.29) is 0 Å². The number of aryl methyl sites for hydroxylation is 1. The highest BCUT2D eigenvalue weighted by molar-refractivity contribution is 5.19. The average Bonchev–Trinajstić information content (AvgIpc) is 2.15. The summed E-state index contributed by atoms with van der Waals surface area (Å²) >= 11 is 0. The minimum atomic E-state index is 0.604. The first kappa shape index (κ1) is 9.20. The standard InChI is InChI=1S/C10H16N2/c1-2-3-6-10-9(8-11)5-4-7-12-10/h4-5,7H,2-3,6,8,11H2,1H3. The van der Waals surface area contributed by atoms with E-state index in [4.69, 9.17) is 5.73 Å². The van der Waals surface area contributed by atoms with E-state index < -0.39 is 0 Å². The molecule has 1 aromatic heterocycles. The molecule has 2 heteroatoms. The molecular weight excluding hydrogens is 148 g/mol. The molecule has 0 fully saturated rings. The molecule has 0 aliphatic heterocycles. The fraction of sp³-hybridized carbons (Fsp3) is 0.500. The topological polar surface area (TPSA) is 38.9 Å². The second kappa shape index (κ2) is 4.88. The molecular formula is C10H16N2. The van der Waals surface area contributed by atoms with Crippen molar-refractivity contribution >= 4 is 0 Å². The summed E-state index contributed by atoms with van der Waals surface area (Å²) < 4.78 is 0. The van der Waals surface area contributed by atoms with Gasteiger partial charge in [0, 0.05) is 18.4 Å². The second-order valence-electron chi connectivity index (χ2n) is 2.92. The van der Waals surface area contributed by atoms with Crippen LogP contribution in [-0.2, 0) is 13.0 Å². The summed E-state index contributed by atoms with van der Waals surface area (Å²) in [7, 11) is 0. The van der Waals surface area contributed by atoms with Gasteiger partial charge in [0.05, 0.1) is 0 Å². The van der Waals surface area contributed by atoms with Gasteiger partial charge < -0.3 is 5.73 Å². The van der Waals surface area contributed by atoms with Crippen molar-refractivity contribution in [3.8, 4) is 0 Å². The molecule has 0 radical (unpaired) electrons. The number of hydrogen-bond acceptors (Lipinski definition) is 2. The van der Waals surface area contributed by atoms with Crippen molar-refractivity contribution in [3.05, 3.63) is 29.6 Å². The molecule has 0 saturated carbocycles. The van der Waals surface area contributed by atoms with Gasteiger partial charge in [0.15, 0.2) is 0 Å². The number of nitrogens with two attached hydrogens (primary N) is 1. The maximum atomic E-state index is 5.58. The lowest BCUT2D eigenvalue weighted by molar-refractivity contribution is 0.764. The lowest BCUT2D eigenvalue weighted by Crippen LogP contribution is -2.03. The summed E-state index contributed by atoms with van der Waals surface area (Å²) in [6, 6.07) is 4.00. The van der Waals surface area contributed by atoms with E-state index in [1.807, 2.05) is 12.3 Å². The van der Waals surface area contributed by atoms with E-state index >= 15 is 0 Å². The predicted molar refractivity (Wildman–Crippen MR) is 50.7 cm³/mol. The zero-order chi connectivity index (χ0) is 8.81. The third-order valence-corrected chi connectivity index (χ3v) is 1.97. The Morgan fingerprint density at radius 1 is 1.50 bits per heavy atom. The van der Waals surface area contributed by atoms with Gasteiger partial charge in [-0.1, -0.05) is 19.4 Å². The third kappa shape index (κ3) is 2.31. The van der Waals surface area contributed by atoms with Crippen molar-refractivity contribution in [1.29, 1.82) is 0 Å². The maximum Gasteiger partial charge on any atom is 0.0448 e. The predicted octanol–water partition coefficient (Wildman–Crippen LogP) is 1.88. The van der Waals surface area contributed by atoms with Crippen LogP contribution < -0.4 is 5.73 Å². The van der Waals surface area contributed by atoms with Crippen LogP contribution in [0.4, 0.5) is 0 Å². The van der Waals surface area contributed by atoms with Gasteiger partial charge in [-0.05, 0) is 24.5 Å². The van der Waals surface area contributed by atoms with Crippen molar-refractivity contribution < 1.29 is 0 Å². The van der Waals surface area contributed by atoms with Gasteiger partial charge in [-0.2, -0.15) is 0 Å². The molecule has 0 saturated heterocycles. The first-order valence-electron chi connectivity index (χ1n) is 4.51. The molecule has 66 valence electrons. The quantitative estimate of drug-likeness (QED) is 0.738. The zero-order valence-corrected chi connectivity index (χ0v) is 7.59. The third-order valence-electron chi connectivity index (χ3n) is 1.97. The molecule has 0 aliphatic rings. The minimum Gasteiger partial charge on any atom is -0.326 e. The Hall–Kier alpha value is -0.890. The van der Waals surface area contributed by atoms with E-state index in [9.17, 15) is 0 Å². The molecule has 0 aliphatic carbocycles. The van der Waals surface area contributed by atoms with Gasteiger partial charge >= 0.3 is 0 Å². The molecule has 0 amide bonds. The van der Waals surface area contributed by atoms with Crippen molar-refractivity contribution in [1.82, 2.24) is 4.98 Å². The summed E-state index contributed by atoms with van der Waals surface area (Å²) in [6.45, 7) is 2.79. The van der Waals surface area contributed by atoms with Gasteiger partial charge in [-0.3, -0.25) is 4.98 Å². The van der Waals surface area contributed by atoms with Crippen molar-refractivity contribution in [2.75, 3.05) is 0 Å². The van der Waals surface area contributed by atoms with Gasteiger partial charge in [0.25, 0.3) is 0 Å². The molecule has 1 rings (SSSR count).